The van der Waals surface area contributed by atoms with E-state index in [0.29, 0.717) is 5.56 Å². The topological polar surface area (TPSA) is 44.5 Å². The van der Waals surface area contributed by atoms with Gasteiger partial charge in [0.1, 0.15) is 17.3 Å². The molecule has 0 fully saturated rings. The minimum absolute atomic E-state index is 0. The Balaban J connectivity index is 0.00000264. The van der Waals surface area contributed by atoms with Crippen LogP contribution in [0.5, 0.6) is 11.5 Å². The van der Waals surface area contributed by atoms with Crippen LogP contribution in [0.4, 0.5) is 17.6 Å². The summed E-state index contributed by atoms with van der Waals surface area (Å²) in [4.78, 5) is 0. The van der Waals surface area contributed by atoms with Gasteiger partial charge in [-0.25, -0.2) is 4.39 Å². The first kappa shape index (κ1) is 19.1. The summed E-state index contributed by atoms with van der Waals surface area (Å²) in [5.74, 6) is -0.658. The van der Waals surface area contributed by atoms with Gasteiger partial charge in [0.2, 0.25) is 0 Å². The smallest absolute Gasteiger partial charge is 0.496 e. The maximum absolute atomic E-state index is 13.9. The molecule has 0 aliphatic heterocycles. The van der Waals surface area contributed by atoms with Gasteiger partial charge < -0.3 is 15.2 Å². The fourth-order valence-electron chi connectivity index (χ4n) is 2.04. The van der Waals surface area contributed by atoms with Gasteiger partial charge in [-0.3, -0.25) is 0 Å². The minimum atomic E-state index is -4.77. The zero-order valence-corrected chi connectivity index (χ0v) is 12.7. The number of alkyl halides is 3. The number of ether oxygens (including phenoxy) is 2. The lowest BCUT2D eigenvalue weighted by Crippen LogP contribution is -2.17. The van der Waals surface area contributed by atoms with Crippen LogP contribution in [-0.4, -0.2) is 13.5 Å². The van der Waals surface area contributed by atoms with Gasteiger partial charge in [0, 0.05) is 0 Å². The number of hydrogen-bond acceptors (Lipinski definition) is 3. The third kappa shape index (κ3) is 4.74. The lowest BCUT2D eigenvalue weighted by Gasteiger charge is -2.17. The summed E-state index contributed by atoms with van der Waals surface area (Å²) in [7, 11) is 1.38. The molecule has 0 spiro atoms. The van der Waals surface area contributed by atoms with Crippen LogP contribution in [0.25, 0.3) is 0 Å². The maximum Gasteiger partial charge on any atom is 0.573 e. The second-order valence-electron chi connectivity index (χ2n) is 4.45. The molecule has 2 rings (SSSR count). The van der Waals surface area contributed by atoms with E-state index in [-0.39, 0.29) is 29.5 Å². The van der Waals surface area contributed by atoms with Crippen LogP contribution >= 0.6 is 12.4 Å². The molecule has 0 aliphatic carbocycles. The number of halogens is 5. The highest BCUT2D eigenvalue weighted by Gasteiger charge is 2.31. The normalized spacial score (nSPS) is 12.3. The van der Waals surface area contributed by atoms with E-state index in [4.69, 9.17) is 10.5 Å². The third-order valence-electron chi connectivity index (χ3n) is 3.02. The standard InChI is InChI=1S/C15H13F4NO2.ClH/c1-21-12-4-2-3-11(16)13(12)14(20)9-5-7-10(8-6-9)22-15(17,18)19;/h2-8,14H,20H2,1H3;1H/t14-;/m0./s1. The van der Waals surface area contributed by atoms with Gasteiger partial charge in [-0.2, -0.15) is 0 Å². The average Bonchev–Trinajstić information content (AvgIpc) is 2.45. The van der Waals surface area contributed by atoms with Crippen LogP contribution in [0, 0.1) is 5.82 Å². The summed E-state index contributed by atoms with van der Waals surface area (Å²) in [5, 5.41) is 0. The molecular formula is C15H14ClF4NO2. The molecule has 0 radical (unpaired) electrons. The molecule has 126 valence electrons. The van der Waals surface area contributed by atoms with Crippen LogP contribution in [0.1, 0.15) is 17.2 Å². The number of benzene rings is 2. The first-order valence-electron chi connectivity index (χ1n) is 6.25. The van der Waals surface area contributed by atoms with Gasteiger partial charge in [-0.1, -0.05) is 18.2 Å². The van der Waals surface area contributed by atoms with Crippen molar-refractivity contribution in [3.63, 3.8) is 0 Å². The Kier molecular flexibility index (Phi) is 6.23. The summed E-state index contributed by atoms with van der Waals surface area (Å²) in [6, 6.07) is 8.32. The fourth-order valence-corrected chi connectivity index (χ4v) is 2.04. The summed E-state index contributed by atoms with van der Waals surface area (Å²) in [6.45, 7) is 0. The minimum Gasteiger partial charge on any atom is -0.496 e. The largest absolute Gasteiger partial charge is 0.573 e. The molecule has 0 saturated heterocycles. The van der Waals surface area contributed by atoms with Crippen molar-refractivity contribution in [1.82, 2.24) is 0 Å². The number of rotatable bonds is 4. The molecule has 2 N–H and O–H groups in total. The molecular weight excluding hydrogens is 338 g/mol. The van der Waals surface area contributed by atoms with Crippen LogP contribution in [-0.2, 0) is 0 Å². The monoisotopic (exact) mass is 351 g/mol. The molecule has 3 nitrogen and oxygen atoms in total. The Morgan fingerprint density at radius 2 is 1.65 bits per heavy atom. The maximum atomic E-state index is 13.9. The Hall–Kier alpha value is -1.99. The van der Waals surface area contributed by atoms with Crippen molar-refractivity contribution < 1.29 is 27.0 Å². The van der Waals surface area contributed by atoms with E-state index in [9.17, 15) is 17.6 Å². The van der Waals surface area contributed by atoms with E-state index in [0.717, 1.165) is 12.1 Å². The molecule has 0 aromatic heterocycles. The molecule has 0 unspecified atom stereocenters. The molecule has 0 amide bonds. The van der Waals surface area contributed by atoms with Crippen LogP contribution in [0.15, 0.2) is 42.5 Å². The SMILES string of the molecule is COc1cccc(F)c1[C@@H](N)c1ccc(OC(F)(F)F)cc1.Cl. The molecule has 0 saturated carbocycles. The molecule has 0 bridgehead atoms. The van der Waals surface area contributed by atoms with Gasteiger partial charge in [0.05, 0.1) is 18.7 Å². The van der Waals surface area contributed by atoms with Crippen LogP contribution in [0.3, 0.4) is 0 Å². The van der Waals surface area contributed by atoms with Gasteiger partial charge >= 0.3 is 6.36 Å². The molecule has 23 heavy (non-hydrogen) atoms. The Morgan fingerprint density at radius 3 is 2.17 bits per heavy atom. The van der Waals surface area contributed by atoms with E-state index >= 15 is 0 Å². The van der Waals surface area contributed by atoms with E-state index in [1.54, 1.807) is 6.07 Å². The van der Waals surface area contributed by atoms with Crippen molar-refractivity contribution in [3.8, 4) is 11.5 Å². The van der Waals surface area contributed by atoms with Crippen molar-refractivity contribution in [3.05, 3.63) is 59.4 Å². The van der Waals surface area contributed by atoms with E-state index in [1.807, 2.05) is 0 Å². The highest BCUT2D eigenvalue weighted by atomic mass is 35.5. The second kappa shape index (κ2) is 7.52. The zero-order valence-electron chi connectivity index (χ0n) is 11.9. The summed E-state index contributed by atoms with van der Waals surface area (Å²) < 4.78 is 59.1. The first-order valence-corrected chi connectivity index (χ1v) is 6.25. The van der Waals surface area contributed by atoms with Gasteiger partial charge in [0.15, 0.2) is 0 Å². The summed E-state index contributed by atoms with van der Waals surface area (Å²) in [6.07, 6.45) is -4.77. The predicted molar refractivity (Wildman–Crippen MR) is 79.4 cm³/mol. The van der Waals surface area contributed by atoms with Crippen LogP contribution in [0.2, 0.25) is 0 Å². The average molecular weight is 352 g/mol. The Bertz CT molecular complexity index is 647. The second-order valence-corrected chi connectivity index (χ2v) is 4.45. The van der Waals surface area contributed by atoms with Crippen molar-refractivity contribution in [2.45, 2.75) is 12.4 Å². The molecule has 8 heteroatoms. The molecule has 2 aromatic carbocycles. The van der Waals surface area contributed by atoms with E-state index in [2.05, 4.69) is 4.74 Å². The third-order valence-corrected chi connectivity index (χ3v) is 3.02. The highest BCUT2D eigenvalue weighted by molar-refractivity contribution is 5.85. The molecule has 0 heterocycles. The highest BCUT2D eigenvalue weighted by Crippen LogP contribution is 2.32. The molecule has 2 aromatic rings. The first-order chi connectivity index (χ1) is 10.3. The molecule has 1 atom stereocenters. The van der Waals surface area contributed by atoms with Crippen molar-refractivity contribution in [2.75, 3.05) is 7.11 Å². The number of nitrogens with two attached hydrogens (primary N) is 1. The van der Waals surface area contributed by atoms with Gasteiger partial charge in [0.25, 0.3) is 0 Å². The van der Waals surface area contributed by atoms with Crippen molar-refractivity contribution >= 4 is 12.4 Å². The zero-order chi connectivity index (χ0) is 16.3. The summed E-state index contributed by atoms with van der Waals surface area (Å²) >= 11 is 0. The molecule has 0 aliphatic rings. The lowest BCUT2D eigenvalue weighted by molar-refractivity contribution is -0.274. The van der Waals surface area contributed by atoms with E-state index < -0.39 is 18.2 Å². The Labute approximate surface area is 136 Å². The van der Waals surface area contributed by atoms with Crippen molar-refractivity contribution in [2.24, 2.45) is 5.73 Å². The van der Waals surface area contributed by atoms with Crippen LogP contribution < -0.4 is 15.2 Å². The quantitative estimate of drug-likeness (QED) is 0.839. The Morgan fingerprint density at radius 1 is 1.04 bits per heavy atom. The summed E-state index contributed by atoms with van der Waals surface area (Å²) in [5.41, 5.74) is 6.55. The van der Waals surface area contributed by atoms with Gasteiger partial charge in [-0.05, 0) is 29.8 Å². The number of methoxy groups -OCH3 is 1. The van der Waals surface area contributed by atoms with E-state index in [1.165, 1.54) is 31.4 Å². The van der Waals surface area contributed by atoms with Gasteiger partial charge in [-0.15, -0.1) is 25.6 Å². The van der Waals surface area contributed by atoms with Crippen molar-refractivity contribution in [1.29, 1.82) is 0 Å². The fraction of sp³-hybridized carbons (Fsp3) is 0.200. The number of hydrogen-bond donors (Lipinski definition) is 1. The predicted octanol–water partition coefficient (Wildman–Crippen LogP) is 4.20. The lowest BCUT2D eigenvalue weighted by atomic mass is 9.98.